The molecule has 0 aliphatic rings. The van der Waals surface area contributed by atoms with Crippen LogP contribution in [0.2, 0.25) is 0 Å². The number of fused-ring (bicyclic) bond motifs is 1. The Morgan fingerprint density at radius 1 is 1.25 bits per heavy atom. The Balaban J connectivity index is 3.10. The van der Waals surface area contributed by atoms with Gasteiger partial charge in [-0.1, -0.05) is 0 Å². The first-order chi connectivity index (χ1) is 7.45. The Kier molecular flexibility index (Phi) is 2.22. The van der Waals surface area contributed by atoms with Crippen LogP contribution in [-0.2, 0) is 14.1 Å². The van der Waals surface area contributed by atoms with Gasteiger partial charge in [0.1, 0.15) is 0 Å². The molecule has 0 aromatic carbocycles. The molecule has 0 fully saturated rings. The van der Waals surface area contributed by atoms with Crippen LogP contribution in [0.1, 0.15) is 19.9 Å². The third-order valence-corrected chi connectivity index (χ3v) is 2.67. The lowest BCUT2D eigenvalue weighted by Gasteiger charge is -2.11. The lowest BCUT2D eigenvalue weighted by atomic mass is 10.3. The van der Waals surface area contributed by atoms with Crippen LogP contribution in [0, 0.1) is 0 Å². The van der Waals surface area contributed by atoms with Gasteiger partial charge in [-0.15, -0.1) is 0 Å². The summed E-state index contributed by atoms with van der Waals surface area (Å²) < 4.78 is 4.27. The summed E-state index contributed by atoms with van der Waals surface area (Å²) >= 11 is 0. The SMILES string of the molecule is CC(C)n1c(=O)c2c(ncn2C)n(C)c1=O. The van der Waals surface area contributed by atoms with E-state index in [1.807, 2.05) is 13.8 Å². The summed E-state index contributed by atoms with van der Waals surface area (Å²) in [6.07, 6.45) is 1.54. The minimum absolute atomic E-state index is 0.162. The molecule has 0 amide bonds. The van der Waals surface area contributed by atoms with E-state index in [9.17, 15) is 9.59 Å². The third-order valence-electron chi connectivity index (χ3n) is 2.67. The Labute approximate surface area is 91.8 Å². The summed E-state index contributed by atoms with van der Waals surface area (Å²) in [6.45, 7) is 3.62. The predicted molar refractivity (Wildman–Crippen MR) is 60.6 cm³/mol. The lowest BCUT2D eigenvalue weighted by molar-refractivity contribution is 0.530. The lowest BCUT2D eigenvalue weighted by Crippen LogP contribution is -2.40. The number of imidazole rings is 1. The molecule has 0 atom stereocenters. The van der Waals surface area contributed by atoms with Crippen LogP contribution in [0.3, 0.4) is 0 Å². The number of rotatable bonds is 1. The number of nitrogens with zero attached hydrogens (tertiary/aromatic N) is 4. The zero-order valence-electron chi connectivity index (χ0n) is 9.76. The highest BCUT2D eigenvalue weighted by Gasteiger charge is 2.15. The van der Waals surface area contributed by atoms with Gasteiger partial charge in [0.25, 0.3) is 5.56 Å². The second kappa shape index (κ2) is 3.33. The van der Waals surface area contributed by atoms with Crippen LogP contribution in [0.4, 0.5) is 0 Å². The molecule has 0 N–H and O–H groups in total. The van der Waals surface area contributed by atoms with E-state index in [2.05, 4.69) is 4.98 Å². The Hall–Kier alpha value is -1.85. The van der Waals surface area contributed by atoms with E-state index in [1.165, 1.54) is 15.5 Å². The topological polar surface area (TPSA) is 61.8 Å². The smallest absolute Gasteiger partial charge is 0.328 e. The monoisotopic (exact) mass is 222 g/mol. The highest BCUT2D eigenvalue weighted by Crippen LogP contribution is 2.05. The maximum absolute atomic E-state index is 12.1. The first-order valence-corrected chi connectivity index (χ1v) is 5.07. The Bertz CT molecular complexity index is 660. The van der Waals surface area contributed by atoms with E-state index in [4.69, 9.17) is 0 Å². The van der Waals surface area contributed by atoms with Crippen molar-refractivity contribution < 1.29 is 0 Å². The predicted octanol–water partition coefficient (Wildman–Crippen LogP) is 0.0146. The summed E-state index contributed by atoms with van der Waals surface area (Å²) in [6, 6.07) is -0.162. The van der Waals surface area contributed by atoms with Crippen LogP contribution < -0.4 is 11.2 Å². The average Bonchev–Trinajstić information content (AvgIpc) is 2.57. The molecule has 0 saturated heterocycles. The van der Waals surface area contributed by atoms with Crippen molar-refractivity contribution in [3.8, 4) is 0 Å². The van der Waals surface area contributed by atoms with Crippen molar-refractivity contribution >= 4 is 11.2 Å². The summed E-state index contributed by atoms with van der Waals surface area (Å²) in [5.41, 5.74) is 0.268. The minimum Gasteiger partial charge on any atom is -0.328 e. The molecular weight excluding hydrogens is 208 g/mol. The van der Waals surface area contributed by atoms with Gasteiger partial charge in [0.15, 0.2) is 11.2 Å². The first kappa shape index (κ1) is 10.7. The highest BCUT2D eigenvalue weighted by atomic mass is 16.2. The standard InChI is InChI=1S/C10H14N4O2/c1-6(2)14-9(15)7-8(11-5-12(7)3)13(4)10(14)16/h5-6H,1-4H3. The van der Waals surface area contributed by atoms with Crippen LogP contribution in [0.15, 0.2) is 15.9 Å². The summed E-state index contributed by atoms with van der Waals surface area (Å²) in [4.78, 5) is 28.1. The van der Waals surface area contributed by atoms with E-state index in [0.717, 1.165) is 0 Å². The molecular formula is C10H14N4O2. The molecule has 16 heavy (non-hydrogen) atoms. The molecule has 0 aliphatic carbocycles. The van der Waals surface area contributed by atoms with Crippen LogP contribution in [0.5, 0.6) is 0 Å². The second-order valence-electron chi connectivity index (χ2n) is 4.14. The number of aromatic nitrogens is 4. The molecule has 2 rings (SSSR count). The average molecular weight is 222 g/mol. The van der Waals surface area contributed by atoms with Crippen molar-refractivity contribution in [3.63, 3.8) is 0 Å². The van der Waals surface area contributed by atoms with Gasteiger partial charge in [-0.05, 0) is 13.8 Å². The van der Waals surface area contributed by atoms with Crippen molar-refractivity contribution in [1.29, 1.82) is 0 Å². The fourth-order valence-corrected chi connectivity index (χ4v) is 1.82. The molecule has 2 aromatic heterocycles. The quantitative estimate of drug-likeness (QED) is 0.683. The maximum atomic E-state index is 12.1. The van der Waals surface area contributed by atoms with Gasteiger partial charge in [0.05, 0.1) is 6.33 Å². The molecule has 0 aliphatic heterocycles. The van der Waals surface area contributed by atoms with Gasteiger partial charge in [-0.3, -0.25) is 13.9 Å². The largest absolute Gasteiger partial charge is 0.332 e. The second-order valence-corrected chi connectivity index (χ2v) is 4.14. The molecule has 6 heteroatoms. The van der Waals surface area contributed by atoms with E-state index in [0.29, 0.717) is 11.2 Å². The molecule has 2 aromatic rings. The van der Waals surface area contributed by atoms with E-state index < -0.39 is 0 Å². The molecule has 6 nitrogen and oxygen atoms in total. The molecule has 0 spiro atoms. The van der Waals surface area contributed by atoms with E-state index >= 15 is 0 Å². The van der Waals surface area contributed by atoms with Crippen molar-refractivity contribution in [1.82, 2.24) is 18.7 Å². The zero-order chi connectivity index (χ0) is 12.0. The number of hydrogen-bond donors (Lipinski definition) is 0. The summed E-state index contributed by atoms with van der Waals surface area (Å²) in [7, 11) is 3.36. The number of hydrogen-bond acceptors (Lipinski definition) is 3. The van der Waals surface area contributed by atoms with Crippen molar-refractivity contribution in [2.24, 2.45) is 14.1 Å². The zero-order valence-corrected chi connectivity index (χ0v) is 9.76. The molecule has 86 valence electrons. The first-order valence-electron chi connectivity index (χ1n) is 5.07. The summed E-state index contributed by atoms with van der Waals surface area (Å²) in [5.74, 6) is 0. The maximum Gasteiger partial charge on any atom is 0.332 e. The van der Waals surface area contributed by atoms with E-state index in [1.54, 1.807) is 18.7 Å². The fraction of sp³-hybridized carbons (Fsp3) is 0.500. The molecule has 0 radical (unpaired) electrons. The van der Waals surface area contributed by atoms with Crippen LogP contribution in [-0.4, -0.2) is 18.7 Å². The van der Waals surface area contributed by atoms with Crippen LogP contribution in [0.25, 0.3) is 11.2 Å². The summed E-state index contributed by atoms with van der Waals surface area (Å²) in [5, 5.41) is 0. The van der Waals surface area contributed by atoms with Crippen molar-refractivity contribution in [3.05, 3.63) is 27.2 Å². The molecule has 2 heterocycles. The number of aryl methyl sites for hydroxylation is 2. The third kappa shape index (κ3) is 1.22. The van der Waals surface area contributed by atoms with Gasteiger partial charge in [0, 0.05) is 20.1 Å². The Morgan fingerprint density at radius 3 is 2.44 bits per heavy atom. The van der Waals surface area contributed by atoms with Crippen molar-refractivity contribution in [2.45, 2.75) is 19.9 Å². The molecule has 0 bridgehead atoms. The van der Waals surface area contributed by atoms with Crippen LogP contribution >= 0.6 is 0 Å². The van der Waals surface area contributed by atoms with Gasteiger partial charge in [-0.25, -0.2) is 9.78 Å². The fourth-order valence-electron chi connectivity index (χ4n) is 1.82. The minimum atomic E-state index is -0.328. The molecule has 0 unspecified atom stereocenters. The molecule has 0 saturated carbocycles. The van der Waals surface area contributed by atoms with Gasteiger partial charge >= 0.3 is 5.69 Å². The van der Waals surface area contributed by atoms with Gasteiger partial charge in [0.2, 0.25) is 0 Å². The van der Waals surface area contributed by atoms with Crippen molar-refractivity contribution in [2.75, 3.05) is 0 Å². The van der Waals surface area contributed by atoms with Gasteiger partial charge in [-0.2, -0.15) is 0 Å². The Morgan fingerprint density at radius 2 is 1.88 bits per heavy atom. The van der Waals surface area contributed by atoms with Gasteiger partial charge < -0.3 is 4.57 Å². The normalized spacial score (nSPS) is 11.6. The van der Waals surface area contributed by atoms with E-state index in [-0.39, 0.29) is 17.3 Å². The highest BCUT2D eigenvalue weighted by molar-refractivity contribution is 5.69.